The van der Waals surface area contributed by atoms with E-state index in [0.29, 0.717) is 25.2 Å². The molecule has 0 aromatic rings. The molecular formula is C12H22N2O3. The second-order valence-corrected chi connectivity index (χ2v) is 5.28. The van der Waals surface area contributed by atoms with Gasteiger partial charge >= 0.3 is 5.97 Å². The van der Waals surface area contributed by atoms with Crippen LogP contribution >= 0.6 is 0 Å². The SMILES string of the molecule is CC1CN(CC(NC2CC2)C(=O)O)C(C)CO1. The van der Waals surface area contributed by atoms with Crippen molar-refractivity contribution in [2.45, 2.75) is 50.9 Å². The molecule has 2 fully saturated rings. The lowest BCUT2D eigenvalue weighted by Crippen LogP contribution is -2.54. The molecule has 1 heterocycles. The number of morpholine rings is 1. The van der Waals surface area contributed by atoms with Crippen molar-refractivity contribution in [3.05, 3.63) is 0 Å². The summed E-state index contributed by atoms with van der Waals surface area (Å²) in [4.78, 5) is 13.4. The zero-order valence-electron chi connectivity index (χ0n) is 10.6. The molecule has 17 heavy (non-hydrogen) atoms. The molecule has 0 aromatic heterocycles. The van der Waals surface area contributed by atoms with E-state index in [2.05, 4.69) is 17.1 Å². The van der Waals surface area contributed by atoms with E-state index in [1.807, 2.05) is 6.92 Å². The molecule has 5 nitrogen and oxygen atoms in total. The van der Waals surface area contributed by atoms with Gasteiger partial charge < -0.3 is 15.2 Å². The van der Waals surface area contributed by atoms with Crippen LogP contribution in [0.3, 0.4) is 0 Å². The first-order chi connectivity index (χ1) is 8.06. The summed E-state index contributed by atoms with van der Waals surface area (Å²) in [6.45, 7) is 6.19. The van der Waals surface area contributed by atoms with Gasteiger partial charge in [-0.1, -0.05) is 0 Å². The van der Waals surface area contributed by atoms with E-state index in [1.165, 1.54) is 0 Å². The minimum absolute atomic E-state index is 0.196. The number of carboxylic acid groups (broad SMARTS) is 1. The van der Waals surface area contributed by atoms with Gasteiger partial charge in [0, 0.05) is 25.2 Å². The number of nitrogens with zero attached hydrogens (tertiary/aromatic N) is 1. The predicted molar refractivity (Wildman–Crippen MR) is 64.0 cm³/mol. The van der Waals surface area contributed by atoms with E-state index < -0.39 is 12.0 Å². The normalized spacial score (nSPS) is 32.4. The Morgan fingerprint density at radius 1 is 1.53 bits per heavy atom. The average molecular weight is 242 g/mol. The Morgan fingerprint density at radius 3 is 2.82 bits per heavy atom. The summed E-state index contributed by atoms with van der Waals surface area (Å²) in [5.74, 6) is -0.747. The van der Waals surface area contributed by atoms with Crippen molar-refractivity contribution in [3.63, 3.8) is 0 Å². The fourth-order valence-corrected chi connectivity index (χ4v) is 2.20. The van der Waals surface area contributed by atoms with E-state index in [4.69, 9.17) is 4.74 Å². The number of hydrogen-bond acceptors (Lipinski definition) is 4. The lowest BCUT2D eigenvalue weighted by atomic mass is 10.1. The summed E-state index contributed by atoms with van der Waals surface area (Å²) in [5.41, 5.74) is 0. The molecule has 5 heteroatoms. The summed E-state index contributed by atoms with van der Waals surface area (Å²) in [7, 11) is 0. The molecule has 1 saturated carbocycles. The molecule has 98 valence electrons. The van der Waals surface area contributed by atoms with Crippen LogP contribution < -0.4 is 5.32 Å². The zero-order chi connectivity index (χ0) is 12.4. The summed E-state index contributed by atoms with van der Waals surface area (Å²) >= 11 is 0. The molecule has 0 radical (unpaired) electrons. The average Bonchev–Trinajstić information content (AvgIpc) is 3.06. The molecule has 1 aliphatic carbocycles. The summed E-state index contributed by atoms with van der Waals surface area (Å²) in [5, 5.41) is 12.4. The summed E-state index contributed by atoms with van der Waals surface area (Å²) in [6, 6.07) is 0.272. The third-order valence-corrected chi connectivity index (χ3v) is 3.47. The second-order valence-electron chi connectivity index (χ2n) is 5.28. The first-order valence-corrected chi connectivity index (χ1v) is 6.40. The van der Waals surface area contributed by atoms with Crippen LogP contribution in [-0.4, -0.2) is 59.9 Å². The highest BCUT2D eigenvalue weighted by molar-refractivity contribution is 5.73. The van der Waals surface area contributed by atoms with Gasteiger partial charge in [0.05, 0.1) is 12.7 Å². The Balaban J connectivity index is 1.88. The highest BCUT2D eigenvalue weighted by Crippen LogP contribution is 2.20. The van der Waals surface area contributed by atoms with Crippen molar-refractivity contribution in [2.24, 2.45) is 0 Å². The third-order valence-electron chi connectivity index (χ3n) is 3.47. The van der Waals surface area contributed by atoms with Gasteiger partial charge in [-0.3, -0.25) is 9.69 Å². The van der Waals surface area contributed by atoms with Crippen LogP contribution in [0.1, 0.15) is 26.7 Å². The third kappa shape index (κ3) is 3.66. The van der Waals surface area contributed by atoms with Crippen LogP contribution in [0.2, 0.25) is 0 Å². The maximum absolute atomic E-state index is 11.2. The van der Waals surface area contributed by atoms with E-state index >= 15 is 0 Å². The van der Waals surface area contributed by atoms with Crippen molar-refractivity contribution >= 4 is 5.97 Å². The largest absolute Gasteiger partial charge is 0.480 e. The Hall–Kier alpha value is -0.650. The van der Waals surface area contributed by atoms with Gasteiger partial charge in [0.25, 0.3) is 0 Å². The van der Waals surface area contributed by atoms with Gasteiger partial charge in [0.2, 0.25) is 0 Å². The lowest BCUT2D eigenvalue weighted by molar-refractivity contribution is -0.141. The number of aliphatic carboxylic acids is 1. The zero-order valence-corrected chi connectivity index (χ0v) is 10.6. The first kappa shape index (κ1) is 12.8. The van der Waals surface area contributed by atoms with Crippen molar-refractivity contribution in [2.75, 3.05) is 19.7 Å². The molecule has 2 rings (SSSR count). The van der Waals surface area contributed by atoms with Gasteiger partial charge in [-0.25, -0.2) is 0 Å². The van der Waals surface area contributed by atoms with Crippen LogP contribution in [0.15, 0.2) is 0 Å². The maximum atomic E-state index is 11.2. The van der Waals surface area contributed by atoms with Crippen molar-refractivity contribution in [3.8, 4) is 0 Å². The first-order valence-electron chi connectivity index (χ1n) is 6.40. The molecule has 0 bridgehead atoms. The van der Waals surface area contributed by atoms with Crippen LogP contribution in [-0.2, 0) is 9.53 Å². The van der Waals surface area contributed by atoms with Crippen molar-refractivity contribution in [1.82, 2.24) is 10.2 Å². The highest BCUT2D eigenvalue weighted by Gasteiger charge is 2.32. The quantitative estimate of drug-likeness (QED) is 0.726. The molecule has 2 N–H and O–H groups in total. The Labute approximate surface area is 102 Å². The number of rotatable bonds is 5. The highest BCUT2D eigenvalue weighted by atomic mass is 16.5. The van der Waals surface area contributed by atoms with Gasteiger partial charge in [-0.2, -0.15) is 0 Å². The molecule has 1 aliphatic heterocycles. The number of nitrogens with one attached hydrogen (secondary N) is 1. The number of carboxylic acids is 1. The van der Waals surface area contributed by atoms with Crippen LogP contribution in [0, 0.1) is 0 Å². The Kier molecular flexibility index (Phi) is 4.01. The molecule has 1 saturated heterocycles. The fourth-order valence-electron chi connectivity index (χ4n) is 2.20. The van der Waals surface area contributed by atoms with Gasteiger partial charge in [0.15, 0.2) is 0 Å². The summed E-state index contributed by atoms with van der Waals surface area (Å²) < 4.78 is 5.55. The van der Waals surface area contributed by atoms with E-state index in [-0.39, 0.29) is 6.10 Å². The molecule has 3 atom stereocenters. The van der Waals surface area contributed by atoms with E-state index in [0.717, 1.165) is 19.4 Å². The Bertz CT molecular complexity index is 281. The van der Waals surface area contributed by atoms with Gasteiger partial charge in [-0.15, -0.1) is 0 Å². The lowest BCUT2D eigenvalue weighted by Gasteiger charge is -2.38. The Morgan fingerprint density at radius 2 is 2.24 bits per heavy atom. The molecule has 0 spiro atoms. The van der Waals surface area contributed by atoms with Gasteiger partial charge in [0.1, 0.15) is 6.04 Å². The molecule has 3 unspecified atom stereocenters. The van der Waals surface area contributed by atoms with Crippen LogP contribution in [0.25, 0.3) is 0 Å². The van der Waals surface area contributed by atoms with E-state index in [9.17, 15) is 9.90 Å². The minimum atomic E-state index is -0.747. The summed E-state index contributed by atoms with van der Waals surface area (Å²) in [6.07, 6.45) is 2.42. The molecule has 0 aromatic carbocycles. The monoisotopic (exact) mass is 242 g/mol. The van der Waals surface area contributed by atoms with Gasteiger partial charge in [-0.05, 0) is 26.7 Å². The topological polar surface area (TPSA) is 61.8 Å². The minimum Gasteiger partial charge on any atom is -0.480 e. The molecule has 2 aliphatic rings. The standard InChI is InChI=1S/C12H22N2O3/c1-8-7-17-9(2)5-14(8)6-11(12(15)16)13-10-3-4-10/h8-11,13H,3-7H2,1-2H3,(H,15,16). The molecule has 0 amide bonds. The number of ether oxygens (including phenoxy) is 1. The predicted octanol–water partition coefficient (Wildman–Crippen LogP) is 0.301. The van der Waals surface area contributed by atoms with E-state index in [1.54, 1.807) is 0 Å². The maximum Gasteiger partial charge on any atom is 0.322 e. The fraction of sp³-hybridized carbons (Fsp3) is 0.917. The number of hydrogen-bond donors (Lipinski definition) is 2. The van der Waals surface area contributed by atoms with Crippen molar-refractivity contribution < 1.29 is 14.6 Å². The number of carbonyl (C=O) groups is 1. The van der Waals surface area contributed by atoms with Crippen molar-refractivity contribution in [1.29, 1.82) is 0 Å². The molecular weight excluding hydrogens is 220 g/mol. The van der Waals surface area contributed by atoms with Crippen LogP contribution in [0.5, 0.6) is 0 Å². The second kappa shape index (κ2) is 5.33. The van der Waals surface area contributed by atoms with Crippen LogP contribution in [0.4, 0.5) is 0 Å². The smallest absolute Gasteiger partial charge is 0.322 e.